The van der Waals surface area contributed by atoms with E-state index in [1.807, 2.05) is 0 Å². The highest BCUT2D eigenvalue weighted by Gasteiger charge is 2.26. The van der Waals surface area contributed by atoms with Crippen LogP contribution in [0.4, 0.5) is 15.3 Å². The zero-order chi connectivity index (χ0) is 20.8. The van der Waals surface area contributed by atoms with E-state index in [2.05, 4.69) is 10.7 Å². The maximum Gasteiger partial charge on any atom is 0.429 e. The summed E-state index contributed by atoms with van der Waals surface area (Å²) in [7, 11) is 0. The van der Waals surface area contributed by atoms with Crippen molar-refractivity contribution >= 4 is 35.2 Å². The molecule has 1 aromatic rings. The van der Waals surface area contributed by atoms with Crippen LogP contribution in [0.5, 0.6) is 0 Å². The van der Waals surface area contributed by atoms with Crippen LogP contribution in [0.1, 0.15) is 47.1 Å². The first-order chi connectivity index (χ1) is 12.2. The monoisotopic (exact) mass is 396 g/mol. The van der Waals surface area contributed by atoms with Crippen LogP contribution < -0.4 is 16.5 Å². The first-order valence-corrected chi connectivity index (χ1v) is 8.81. The number of nitrogens with one attached hydrogen (secondary N) is 2. The summed E-state index contributed by atoms with van der Waals surface area (Å²) in [5.74, 6) is 0. The van der Waals surface area contributed by atoms with Crippen LogP contribution in [0, 0.1) is 0 Å². The number of nitrogens with two attached hydrogens (primary N) is 1. The molecule has 0 aliphatic heterocycles. The number of amides is 2. The van der Waals surface area contributed by atoms with Crippen LogP contribution in [-0.4, -0.2) is 33.5 Å². The number of benzene rings is 1. The summed E-state index contributed by atoms with van der Waals surface area (Å²) in [6.45, 7) is 10.5. The summed E-state index contributed by atoms with van der Waals surface area (Å²) in [4.78, 5) is 24.6. The molecule has 0 saturated carbocycles. The highest BCUT2D eigenvalue weighted by atomic mass is 32.1. The van der Waals surface area contributed by atoms with E-state index in [1.54, 1.807) is 65.8 Å². The Labute approximate surface area is 165 Å². The minimum Gasteiger partial charge on any atom is -0.443 e. The second-order valence-corrected chi connectivity index (χ2v) is 8.31. The van der Waals surface area contributed by atoms with Crippen molar-refractivity contribution in [3.05, 3.63) is 29.8 Å². The number of anilines is 1. The number of ether oxygens (including phenoxy) is 2. The van der Waals surface area contributed by atoms with Gasteiger partial charge in [0.2, 0.25) is 0 Å². The maximum absolute atomic E-state index is 12.5. The summed E-state index contributed by atoms with van der Waals surface area (Å²) in [6.07, 6.45) is -1.47. The van der Waals surface area contributed by atoms with E-state index in [1.165, 1.54) is 0 Å². The summed E-state index contributed by atoms with van der Waals surface area (Å²) < 4.78 is 10.6. The molecule has 0 unspecified atom stereocenters. The molecule has 4 N–H and O–H groups in total. The minimum absolute atomic E-state index is 0.0566. The van der Waals surface area contributed by atoms with E-state index in [-0.39, 0.29) is 11.7 Å². The van der Waals surface area contributed by atoms with E-state index >= 15 is 0 Å². The van der Waals surface area contributed by atoms with E-state index in [4.69, 9.17) is 27.4 Å². The van der Waals surface area contributed by atoms with Crippen molar-refractivity contribution < 1.29 is 19.1 Å². The molecule has 0 aromatic heterocycles. The third-order valence-electron chi connectivity index (χ3n) is 2.77. The smallest absolute Gasteiger partial charge is 0.429 e. The van der Waals surface area contributed by atoms with Gasteiger partial charge in [0, 0.05) is 5.69 Å². The lowest BCUT2D eigenvalue weighted by Crippen LogP contribution is -2.49. The molecule has 0 aliphatic rings. The normalized spacial score (nSPS) is 11.3. The molecule has 2 amide bonds. The fourth-order valence-corrected chi connectivity index (χ4v) is 2.07. The van der Waals surface area contributed by atoms with Gasteiger partial charge < -0.3 is 20.5 Å². The quantitative estimate of drug-likeness (QED) is 0.530. The number of rotatable bonds is 3. The second-order valence-electron chi connectivity index (χ2n) is 7.87. The Morgan fingerprint density at radius 2 is 1.70 bits per heavy atom. The van der Waals surface area contributed by atoms with Gasteiger partial charge in [-0.25, -0.2) is 20.0 Å². The maximum atomic E-state index is 12.5. The molecule has 0 bridgehead atoms. The molecule has 8 nitrogen and oxygen atoms in total. The largest absolute Gasteiger partial charge is 0.443 e. The topological polar surface area (TPSA) is 106 Å². The summed E-state index contributed by atoms with van der Waals surface area (Å²) in [6, 6.07) is 7.10. The van der Waals surface area contributed by atoms with Gasteiger partial charge >= 0.3 is 12.2 Å². The molecule has 0 radical (unpaired) electrons. The van der Waals surface area contributed by atoms with Gasteiger partial charge in [-0.15, -0.1) is 0 Å². The van der Waals surface area contributed by atoms with Gasteiger partial charge in [0.1, 0.15) is 11.2 Å². The van der Waals surface area contributed by atoms with Gasteiger partial charge in [0.25, 0.3) is 0 Å². The zero-order valence-corrected chi connectivity index (χ0v) is 17.4. The number of hydrogen-bond donors (Lipinski definition) is 3. The van der Waals surface area contributed by atoms with Crippen LogP contribution in [0.15, 0.2) is 24.3 Å². The number of thiocarbonyl (C=S) groups is 1. The van der Waals surface area contributed by atoms with Gasteiger partial charge in [-0.3, -0.25) is 0 Å². The van der Waals surface area contributed by atoms with Crippen molar-refractivity contribution in [3.8, 4) is 0 Å². The molecule has 0 saturated heterocycles. The molecule has 150 valence electrons. The molecule has 9 heteroatoms. The predicted molar refractivity (Wildman–Crippen MR) is 108 cm³/mol. The lowest BCUT2D eigenvalue weighted by atomic mass is 10.2. The molecule has 1 rings (SSSR count). The molecule has 0 atom stereocenters. The first-order valence-electron chi connectivity index (χ1n) is 8.41. The number of hydrazine groups is 1. The highest BCUT2D eigenvalue weighted by Crippen LogP contribution is 2.15. The third-order valence-corrected chi connectivity index (χ3v) is 2.88. The summed E-state index contributed by atoms with van der Waals surface area (Å²) in [5.41, 5.74) is 7.87. The Balaban J connectivity index is 2.98. The predicted octanol–water partition coefficient (Wildman–Crippen LogP) is 3.52. The fraction of sp³-hybridized carbons (Fsp3) is 0.500. The van der Waals surface area contributed by atoms with Crippen LogP contribution in [-0.2, 0) is 16.0 Å². The van der Waals surface area contributed by atoms with Gasteiger partial charge in [-0.2, -0.15) is 0 Å². The summed E-state index contributed by atoms with van der Waals surface area (Å²) in [5, 5.41) is 4.00. The molecule has 27 heavy (non-hydrogen) atoms. The van der Waals surface area contributed by atoms with Crippen LogP contribution in [0.25, 0.3) is 0 Å². The molecular weight excluding hydrogens is 368 g/mol. The first kappa shape index (κ1) is 22.5. The Kier molecular flexibility index (Phi) is 7.41. The van der Waals surface area contributed by atoms with E-state index < -0.39 is 23.4 Å². The molecular formula is C18H28N4O4S. The van der Waals surface area contributed by atoms with Gasteiger partial charge in [-0.05, 0) is 71.5 Å². The van der Waals surface area contributed by atoms with Crippen LogP contribution >= 0.6 is 12.2 Å². The van der Waals surface area contributed by atoms with E-state index in [9.17, 15) is 9.59 Å². The standard InChI is InChI=1S/C18H28N4O4S/c1-17(2,3)25-15(23)21-22(16(24)26-18(4,5)6)11-12-8-7-9-13(10-12)20-14(19)27/h7-10H,11H2,1-6H3,(H,21,23)(H3,19,20,27). The average Bonchev–Trinajstić information content (AvgIpc) is 2.42. The molecule has 0 aliphatic carbocycles. The van der Waals surface area contributed by atoms with Gasteiger partial charge in [-0.1, -0.05) is 12.1 Å². The van der Waals surface area contributed by atoms with Gasteiger partial charge in [0.15, 0.2) is 5.11 Å². The Bertz CT molecular complexity index is 695. The minimum atomic E-state index is -0.759. The van der Waals surface area contributed by atoms with Crippen molar-refractivity contribution in [2.45, 2.75) is 59.3 Å². The average molecular weight is 397 g/mol. The van der Waals surface area contributed by atoms with Crippen molar-refractivity contribution in [3.63, 3.8) is 0 Å². The Morgan fingerprint density at radius 1 is 1.11 bits per heavy atom. The Morgan fingerprint density at radius 3 is 2.22 bits per heavy atom. The SMILES string of the molecule is CC(C)(C)OC(=O)NN(Cc1cccc(NC(N)=S)c1)C(=O)OC(C)(C)C. The van der Waals surface area contributed by atoms with Crippen LogP contribution in [0.3, 0.4) is 0 Å². The fourth-order valence-electron chi connectivity index (χ4n) is 1.95. The van der Waals surface area contributed by atoms with Crippen molar-refractivity contribution in [2.75, 3.05) is 5.32 Å². The van der Waals surface area contributed by atoms with Gasteiger partial charge in [0.05, 0.1) is 6.54 Å². The molecule has 1 aromatic carbocycles. The van der Waals surface area contributed by atoms with Crippen molar-refractivity contribution in [2.24, 2.45) is 5.73 Å². The Hall–Kier alpha value is -2.55. The number of carbonyl (C=O) groups is 2. The highest BCUT2D eigenvalue weighted by molar-refractivity contribution is 7.80. The molecule has 0 spiro atoms. The number of hydrogen-bond acceptors (Lipinski definition) is 5. The number of carbonyl (C=O) groups excluding carboxylic acids is 2. The molecule has 0 heterocycles. The zero-order valence-electron chi connectivity index (χ0n) is 16.6. The lowest BCUT2D eigenvalue weighted by molar-refractivity contribution is -0.000652. The number of nitrogens with zero attached hydrogens (tertiary/aromatic N) is 1. The second kappa shape index (κ2) is 8.90. The van der Waals surface area contributed by atoms with E-state index in [0.29, 0.717) is 5.69 Å². The van der Waals surface area contributed by atoms with Crippen molar-refractivity contribution in [1.29, 1.82) is 0 Å². The van der Waals surface area contributed by atoms with Crippen molar-refractivity contribution in [1.82, 2.24) is 10.4 Å². The lowest BCUT2D eigenvalue weighted by Gasteiger charge is -2.29. The van der Waals surface area contributed by atoms with Crippen LogP contribution in [0.2, 0.25) is 0 Å². The summed E-state index contributed by atoms with van der Waals surface area (Å²) >= 11 is 4.83. The third kappa shape index (κ3) is 9.64. The molecule has 0 fully saturated rings. The van der Waals surface area contributed by atoms with E-state index in [0.717, 1.165) is 10.6 Å².